The summed E-state index contributed by atoms with van der Waals surface area (Å²) in [6, 6.07) is 17.2. The standard InChI is InChI=1S/C21H20ClN3O2/c1-24(2)16-7-9-17(10-8-16)25-12-4-5-18(25)14-23-15-6-11-20(22)19(13-15)21(26)27-3/h4-14H,1-3H3. The zero-order valence-corrected chi connectivity index (χ0v) is 16.1. The monoisotopic (exact) mass is 381 g/mol. The van der Waals surface area contributed by atoms with Crippen LogP contribution in [0.4, 0.5) is 11.4 Å². The van der Waals surface area contributed by atoms with Crippen LogP contribution in [0.2, 0.25) is 5.02 Å². The second-order valence-corrected chi connectivity index (χ2v) is 6.54. The highest BCUT2D eigenvalue weighted by atomic mass is 35.5. The van der Waals surface area contributed by atoms with Crippen molar-refractivity contribution in [1.82, 2.24) is 4.57 Å². The van der Waals surface area contributed by atoms with Crippen molar-refractivity contribution in [3.63, 3.8) is 0 Å². The third-order valence-electron chi connectivity index (χ3n) is 4.13. The quantitative estimate of drug-likeness (QED) is 0.474. The molecular weight excluding hydrogens is 362 g/mol. The van der Waals surface area contributed by atoms with Crippen molar-refractivity contribution < 1.29 is 9.53 Å². The van der Waals surface area contributed by atoms with E-state index in [9.17, 15) is 4.79 Å². The highest BCUT2D eigenvalue weighted by Crippen LogP contribution is 2.23. The summed E-state index contributed by atoms with van der Waals surface area (Å²) in [6.45, 7) is 0. The molecule has 138 valence electrons. The molecular formula is C21H20ClN3O2. The number of hydrogen-bond donors (Lipinski definition) is 0. The van der Waals surface area contributed by atoms with Crippen molar-refractivity contribution in [1.29, 1.82) is 0 Å². The van der Waals surface area contributed by atoms with E-state index < -0.39 is 5.97 Å². The first-order valence-corrected chi connectivity index (χ1v) is 8.74. The van der Waals surface area contributed by atoms with Crippen LogP contribution in [0.25, 0.3) is 5.69 Å². The number of carbonyl (C=O) groups excluding carboxylic acids is 1. The molecule has 0 atom stereocenters. The summed E-state index contributed by atoms with van der Waals surface area (Å²) >= 11 is 6.05. The second kappa shape index (κ2) is 8.10. The first-order valence-electron chi connectivity index (χ1n) is 8.36. The Morgan fingerprint density at radius 1 is 1.15 bits per heavy atom. The molecule has 1 aromatic heterocycles. The van der Waals surface area contributed by atoms with E-state index in [0.717, 1.165) is 17.1 Å². The Morgan fingerprint density at radius 2 is 1.89 bits per heavy atom. The van der Waals surface area contributed by atoms with E-state index in [4.69, 9.17) is 16.3 Å². The molecule has 0 N–H and O–H groups in total. The van der Waals surface area contributed by atoms with Gasteiger partial charge in [0.2, 0.25) is 0 Å². The van der Waals surface area contributed by atoms with Crippen LogP contribution < -0.4 is 4.90 Å². The molecule has 0 amide bonds. The molecule has 27 heavy (non-hydrogen) atoms. The Labute approximate surface area is 163 Å². The van der Waals surface area contributed by atoms with Gasteiger partial charge in [-0.15, -0.1) is 0 Å². The highest BCUT2D eigenvalue weighted by molar-refractivity contribution is 6.33. The number of benzene rings is 2. The molecule has 5 nitrogen and oxygen atoms in total. The number of carbonyl (C=O) groups is 1. The van der Waals surface area contributed by atoms with Gasteiger partial charge in [0.05, 0.1) is 35.3 Å². The number of nitrogens with zero attached hydrogens (tertiary/aromatic N) is 3. The van der Waals surface area contributed by atoms with E-state index in [2.05, 4.69) is 34.2 Å². The molecule has 2 aromatic carbocycles. The maximum atomic E-state index is 11.8. The summed E-state index contributed by atoms with van der Waals surface area (Å²) in [7, 11) is 5.35. The lowest BCUT2D eigenvalue weighted by molar-refractivity contribution is 0.0601. The van der Waals surface area contributed by atoms with Gasteiger partial charge in [-0.25, -0.2) is 4.79 Å². The van der Waals surface area contributed by atoms with Crippen molar-refractivity contribution in [2.75, 3.05) is 26.1 Å². The van der Waals surface area contributed by atoms with E-state index in [1.54, 1.807) is 24.4 Å². The van der Waals surface area contributed by atoms with Gasteiger partial charge in [-0.3, -0.25) is 4.99 Å². The smallest absolute Gasteiger partial charge is 0.339 e. The number of rotatable bonds is 5. The van der Waals surface area contributed by atoms with Crippen molar-refractivity contribution in [3.8, 4) is 5.69 Å². The molecule has 0 unspecified atom stereocenters. The van der Waals surface area contributed by atoms with Crippen molar-refractivity contribution in [3.05, 3.63) is 77.1 Å². The lowest BCUT2D eigenvalue weighted by Crippen LogP contribution is -2.08. The number of aromatic nitrogens is 1. The van der Waals surface area contributed by atoms with Crippen LogP contribution in [0.5, 0.6) is 0 Å². The fraction of sp³-hybridized carbons (Fsp3) is 0.143. The summed E-state index contributed by atoms with van der Waals surface area (Å²) in [5.41, 5.74) is 4.01. The number of esters is 1. The molecule has 0 aliphatic heterocycles. The van der Waals surface area contributed by atoms with Crippen LogP contribution in [0.1, 0.15) is 16.1 Å². The molecule has 1 heterocycles. The number of methoxy groups -OCH3 is 1. The fourth-order valence-corrected chi connectivity index (χ4v) is 2.84. The van der Waals surface area contributed by atoms with Gasteiger partial charge in [0.25, 0.3) is 0 Å². The maximum absolute atomic E-state index is 11.8. The molecule has 3 rings (SSSR count). The van der Waals surface area contributed by atoms with Crippen LogP contribution in [-0.4, -0.2) is 38.0 Å². The molecule has 0 aliphatic rings. The van der Waals surface area contributed by atoms with Gasteiger partial charge < -0.3 is 14.2 Å². The number of aliphatic imine (C=N–C) groups is 1. The van der Waals surface area contributed by atoms with Crippen molar-refractivity contribution in [2.24, 2.45) is 4.99 Å². The van der Waals surface area contributed by atoms with Crippen LogP contribution in [0.3, 0.4) is 0 Å². The number of anilines is 1. The lowest BCUT2D eigenvalue weighted by Gasteiger charge is -2.13. The van der Waals surface area contributed by atoms with Crippen LogP contribution in [0.15, 0.2) is 65.8 Å². The predicted octanol–water partition coefficient (Wildman–Crippen LogP) is 4.73. The third-order valence-corrected chi connectivity index (χ3v) is 4.46. The minimum absolute atomic E-state index is 0.295. The second-order valence-electron chi connectivity index (χ2n) is 6.13. The summed E-state index contributed by atoms with van der Waals surface area (Å²) < 4.78 is 6.78. The summed E-state index contributed by atoms with van der Waals surface area (Å²) in [6.07, 6.45) is 3.73. The SMILES string of the molecule is COC(=O)c1cc(N=Cc2cccn2-c2ccc(N(C)C)cc2)ccc1Cl. The molecule has 0 spiro atoms. The van der Waals surface area contributed by atoms with E-state index >= 15 is 0 Å². The van der Waals surface area contributed by atoms with E-state index in [1.807, 2.05) is 37.0 Å². The van der Waals surface area contributed by atoms with Gasteiger partial charge >= 0.3 is 5.97 Å². The maximum Gasteiger partial charge on any atom is 0.339 e. The Bertz CT molecular complexity index is 975. The highest BCUT2D eigenvalue weighted by Gasteiger charge is 2.11. The number of halogens is 1. The Morgan fingerprint density at radius 3 is 2.56 bits per heavy atom. The molecule has 3 aromatic rings. The largest absolute Gasteiger partial charge is 0.465 e. The number of hydrogen-bond acceptors (Lipinski definition) is 4. The first kappa shape index (κ1) is 18.7. The number of ether oxygens (including phenoxy) is 1. The Hall–Kier alpha value is -3.05. The van der Waals surface area contributed by atoms with Gasteiger partial charge in [0.15, 0.2) is 0 Å². The predicted molar refractivity (Wildman–Crippen MR) is 110 cm³/mol. The van der Waals surface area contributed by atoms with Crippen molar-refractivity contribution in [2.45, 2.75) is 0 Å². The van der Waals surface area contributed by atoms with Crippen LogP contribution in [-0.2, 0) is 4.74 Å². The molecule has 0 radical (unpaired) electrons. The lowest BCUT2D eigenvalue weighted by atomic mass is 10.2. The summed E-state index contributed by atoms with van der Waals surface area (Å²) in [5.74, 6) is -0.485. The topological polar surface area (TPSA) is 46.8 Å². The van der Waals surface area contributed by atoms with E-state index in [-0.39, 0.29) is 0 Å². The molecule has 0 fully saturated rings. The van der Waals surface area contributed by atoms with E-state index in [0.29, 0.717) is 16.3 Å². The zero-order valence-electron chi connectivity index (χ0n) is 15.4. The molecule has 0 saturated heterocycles. The van der Waals surface area contributed by atoms with Gasteiger partial charge in [-0.2, -0.15) is 0 Å². The van der Waals surface area contributed by atoms with Gasteiger partial charge in [-0.05, 0) is 54.6 Å². The Kier molecular flexibility index (Phi) is 5.62. The summed E-state index contributed by atoms with van der Waals surface area (Å²) in [5, 5.41) is 0.338. The minimum Gasteiger partial charge on any atom is -0.465 e. The average molecular weight is 382 g/mol. The van der Waals surface area contributed by atoms with Gasteiger partial charge in [0, 0.05) is 31.7 Å². The molecule has 0 bridgehead atoms. The summed E-state index contributed by atoms with van der Waals surface area (Å²) in [4.78, 5) is 18.3. The van der Waals surface area contributed by atoms with Gasteiger partial charge in [-0.1, -0.05) is 11.6 Å². The molecule has 0 aliphatic carbocycles. The van der Waals surface area contributed by atoms with Crippen LogP contribution in [0, 0.1) is 0 Å². The molecule has 0 saturated carbocycles. The first-order chi connectivity index (χ1) is 13.0. The van der Waals surface area contributed by atoms with Crippen molar-refractivity contribution >= 4 is 35.2 Å². The minimum atomic E-state index is -0.485. The third kappa shape index (κ3) is 4.20. The average Bonchev–Trinajstić information content (AvgIpc) is 3.15. The van der Waals surface area contributed by atoms with Crippen LogP contribution >= 0.6 is 11.6 Å². The Balaban J connectivity index is 1.87. The molecule has 6 heteroatoms. The van der Waals surface area contributed by atoms with Gasteiger partial charge in [0.1, 0.15) is 0 Å². The van der Waals surface area contributed by atoms with E-state index in [1.165, 1.54) is 7.11 Å². The normalized spacial score (nSPS) is 11.0. The fourth-order valence-electron chi connectivity index (χ4n) is 2.65. The zero-order chi connectivity index (χ0) is 19.4.